The summed E-state index contributed by atoms with van der Waals surface area (Å²) in [5, 5.41) is 12.9. The summed E-state index contributed by atoms with van der Waals surface area (Å²) < 4.78 is 0. The Morgan fingerprint density at radius 3 is 2.88 bits per heavy atom. The van der Waals surface area contributed by atoms with Crippen LogP contribution in [0.1, 0.15) is 37.8 Å². The Labute approximate surface area is 156 Å². The maximum atomic E-state index is 9.44. The number of rotatable bonds is 6. The Bertz CT molecular complexity index is 731. The minimum Gasteiger partial charge on any atom is -0.396 e. The van der Waals surface area contributed by atoms with Gasteiger partial charge in [0.05, 0.1) is 0 Å². The first-order valence-electron chi connectivity index (χ1n) is 9.47. The van der Waals surface area contributed by atoms with Gasteiger partial charge in [0, 0.05) is 37.7 Å². The van der Waals surface area contributed by atoms with E-state index < -0.39 is 0 Å². The molecule has 140 valence electrons. The van der Waals surface area contributed by atoms with Crippen molar-refractivity contribution in [3.63, 3.8) is 0 Å². The molecule has 2 aromatic rings. The summed E-state index contributed by atoms with van der Waals surface area (Å²) in [6, 6.07) is 10.7. The number of piperidine rings is 1. The molecule has 5 nitrogen and oxygen atoms in total. The summed E-state index contributed by atoms with van der Waals surface area (Å²) >= 11 is 0. The van der Waals surface area contributed by atoms with E-state index in [2.05, 4.69) is 65.2 Å². The van der Waals surface area contributed by atoms with Gasteiger partial charge in [-0.2, -0.15) is 0 Å². The van der Waals surface area contributed by atoms with Gasteiger partial charge >= 0.3 is 0 Å². The molecule has 0 saturated carbocycles. The number of aryl methyl sites for hydroxylation is 1. The zero-order valence-corrected chi connectivity index (χ0v) is 16.1. The molecular formula is C21H30N4O. The number of aromatic nitrogens is 2. The molecule has 26 heavy (non-hydrogen) atoms. The van der Waals surface area contributed by atoms with Crippen molar-refractivity contribution in [3.05, 3.63) is 47.8 Å². The van der Waals surface area contributed by atoms with E-state index >= 15 is 0 Å². The Balaban J connectivity index is 1.67. The third kappa shape index (κ3) is 4.52. The molecule has 3 rings (SSSR count). The van der Waals surface area contributed by atoms with Gasteiger partial charge in [-0.15, -0.1) is 0 Å². The van der Waals surface area contributed by atoms with Crippen molar-refractivity contribution in [2.45, 2.75) is 39.0 Å². The van der Waals surface area contributed by atoms with Crippen LogP contribution in [-0.4, -0.2) is 41.3 Å². The number of nitrogens with one attached hydrogen (secondary N) is 1. The van der Waals surface area contributed by atoms with Gasteiger partial charge in [0.15, 0.2) is 0 Å². The van der Waals surface area contributed by atoms with Crippen molar-refractivity contribution < 1.29 is 5.11 Å². The lowest BCUT2D eigenvalue weighted by molar-refractivity contribution is 0.208. The molecule has 0 radical (unpaired) electrons. The van der Waals surface area contributed by atoms with Crippen LogP contribution in [0.2, 0.25) is 0 Å². The van der Waals surface area contributed by atoms with Crippen LogP contribution in [-0.2, 0) is 5.41 Å². The molecule has 0 aliphatic carbocycles. The number of hydrogen-bond acceptors (Lipinski definition) is 5. The Kier molecular flexibility index (Phi) is 5.77. The highest BCUT2D eigenvalue weighted by Crippen LogP contribution is 2.26. The van der Waals surface area contributed by atoms with Gasteiger partial charge in [-0.25, -0.2) is 9.97 Å². The van der Waals surface area contributed by atoms with E-state index in [0.29, 0.717) is 5.92 Å². The van der Waals surface area contributed by atoms with Gasteiger partial charge in [0.1, 0.15) is 18.0 Å². The second-order valence-electron chi connectivity index (χ2n) is 8.01. The topological polar surface area (TPSA) is 61.3 Å². The van der Waals surface area contributed by atoms with Crippen molar-refractivity contribution in [2.75, 3.05) is 36.5 Å². The number of hydrogen-bond donors (Lipinski definition) is 2. The third-order valence-corrected chi connectivity index (χ3v) is 5.26. The van der Waals surface area contributed by atoms with Crippen molar-refractivity contribution in [1.82, 2.24) is 9.97 Å². The fraction of sp³-hybridized carbons (Fsp3) is 0.524. The van der Waals surface area contributed by atoms with Crippen LogP contribution in [0.15, 0.2) is 36.7 Å². The second-order valence-corrected chi connectivity index (χ2v) is 8.01. The van der Waals surface area contributed by atoms with Crippen molar-refractivity contribution in [2.24, 2.45) is 5.92 Å². The van der Waals surface area contributed by atoms with Crippen molar-refractivity contribution in [3.8, 4) is 0 Å². The highest BCUT2D eigenvalue weighted by molar-refractivity contribution is 5.49. The molecule has 1 aliphatic heterocycles. The normalized spacial score (nSPS) is 18.0. The molecular weight excluding hydrogens is 324 g/mol. The minimum atomic E-state index is 0.00421. The van der Waals surface area contributed by atoms with E-state index in [9.17, 15) is 5.11 Å². The maximum absolute atomic E-state index is 9.44. The molecule has 0 spiro atoms. The van der Waals surface area contributed by atoms with Crippen LogP contribution >= 0.6 is 0 Å². The summed E-state index contributed by atoms with van der Waals surface area (Å²) in [4.78, 5) is 11.1. The smallest absolute Gasteiger partial charge is 0.134 e. The number of nitrogens with zero attached hydrogens (tertiary/aromatic N) is 3. The van der Waals surface area contributed by atoms with Gasteiger partial charge in [0.25, 0.3) is 0 Å². The first kappa shape index (κ1) is 18.6. The summed E-state index contributed by atoms with van der Waals surface area (Å²) in [6.07, 6.45) is 3.81. The summed E-state index contributed by atoms with van der Waals surface area (Å²) in [5.41, 5.74) is 2.61. The van der Waals surface area contributed by atoms with Gasteiger partial charge in [-0.05, 0) is 31.2 Å². The molecule has 2 N–H and O–H groups in total. The van der Waals surface area contributed by atoms with Crippen molar-refractivity contribution in [1.29, 1.82) is 0 Å². The minimum absolute atomic E-state index is 0.00421. The fourth-order valence-corrected chi connectivity index (χ4v) is 3.52. The lowest BCUT2D eigenvalue weighted by atomic mass is 9.84. The van der Waals surface area contributed by atoms with Crippen LogP contribution in [0.3, 0.4) is 0 Å². The zero-order chi connectivity index (χ0) is 18.6. The molecule has 1 aromatic carbocycles. The lowest BCUT2D eigenvalue weighted by Gasteiger charge is -2.33. The summed E-state index contributed by atoms with van der Waals surface area (Å²) in [7, 11) is 0. The Morgan fingerprint density at radius 2 is 2.12 bits per heavy atom. The van der Waals surface area contributed by atoms with E-state index in [4.69, 9.17) is 0 Å². The monoisotopic (exact) mass is 354 g/mol. The highest BCUT2D eigenvalue weighted by atomic mass is 16.3. The number of aliphatic hydroxyl groups excluding tert-OH is 1. The molecule has 0 bridgehead atoms. The number of benzene rings is 1. The predicted octanol–water partition coefficient (Wildman–Crippen LogP) is 3.38. The zero-order valence-electron chi connectivity index (χ0n) is 16.1. The molecule has 1 saturated heterocycles. The van der Waals surface area contributed by atoms with E-state index in [1.165, 1.54) is 11.1 Å². The average Bonchev–Trinajstić information content (AvgIpc) is 2.67. The average molecular weight is 354 g/mol. The quantitative estimate of drug-likeness (QED) is 0.833. The van der Waals surface area contributed by atoms with Crippen LogP contribution < -0.4 is 10.2 Å². The first-order valence-corrected chi connectivity index (χ1v) is 9.47. The standard InChI is InChI=1S/C21H30N4O/c1-16-6-4-8-18(10-16)21(2,3)14-22-19-11-20(24-15-23-19)25-9-5-7-17(12-25)13-26/h4,6,8,10-11,15,17,26H,5,7,9,12-14H2,1-3H3,(H,22,23,24). The number of anilines is 2. The number of aliphatic hydroxyl groups is 1. The van der Waals surface area contributed by atoms with Gasteiger partial charge < -0.3 is 15.3 Å². The van der Waals surface area contributed by atoms with Crippen LogP contribution in [0.4, 0.5) is 11.6 Å². The lowest BCUT2D eigenvalue weighted by Crippen LogP contribution is -2.37. The van der Waals surface area contributed by atoms with Gasteiger partial charge in [0.2, 0.25) is 0 Å². The highest BCUT2D eigenvalue weighted by Gasteiger charge is 2.22. The van der Waals surface area contributed by atoms with Gasteiger partial charge in [-0.3, -0.25) is 0 Å². The fourth-order valence-electron chi connectivity index (χ4n) is 3.52. The largest absolute Gasteiger partial charge is 0.396 e. The molecule has 1 fully saturated rings. The molecule has 2 heterocycles. The first-order chi connectivity index (χ1) is 12.5. The second kappa shape index (κ2) is 8.04. The molecule has 1 atom stereocenters. The van der Waals surface area contributed by atoms with E-state index in [0.717, 1.165) is 44.1 Å². The molecule has 5 heteroatoms. The maximum Gasteiger partial charge on any atom is 0.134 e. The SMILES string of the molecule is Cc1cccc(C(C)(C)CNc2cc(N3CCCC(CO)C3)ncn2)c1. The molecule has 1 aliphatic rings. The summed E-state index contributed by atoms with van der Waals surface area (Å²) in [5.74, 6) is 2.13. The van der Waals surface area contributed by atoms with Crippen molar-refractivity contribution >= 4 is 11.6 Å². The Hall–Kier alpha value is -2.14. The van der Waals surface area contributed by atoms with Crippen LogP contribution in [0.5, 0.6) is 0 Å². The van der Waals surface area contributed by atoms with E-state index in [1.54, 1.807) is 6.33 Å². The van der Waals surface area contributed by atoms with Gasteiger partial charge in [-0.1, -0.05) is 43.7 Å². The Morgan fingerprint density at radius 1 is 1.27 bits per heavy atom. The summed E-state index contributed by atoms with van der Waals surface area (Å²) in [6.45, 7) is 9.51. The van der Waals surface area contributed by atoms with E-state index in [1.807, 2.05) is 6.07 Å². The van der Waals surface area contributed by atoms with Crippen LogP contribution in [0, 0.1) is 12.8 Å². The predicted molar refractivity (Wildman–Crippen MR) is 107 cm³/mol. The molecule has 1 aromatic heterocycles. The van der Waals surface area contributed by atoms with Crippen LogP contribution in [0.25, 0.3) is 0 Å². The molecule has 1 unspecified atom stereocenters. The third-order valence-electron chi connectivity index (χ3n) is 5.26. The molecule has 0 amide bonds. The van der Waals surface area contributed by atoms with E-state index in [-0.39, 0.29) is 12.0 Å².